The van der Waals surface area contributed by atoms with Gasteiger partial charge in [0.1, 0.15) is 11.3 Å². The highest BCUT2D eigenvalue weighted by Crippen LogP contribution is 2.53. The normalized spacial score (nSPS) is 18.1. The van der Waals surface area contributed by atoms with Crippen LogP contribution in [0.25, 0.3) is 11.0 Å². The minimum atomic E-state index is -1.66. The third-order valence-electron chi connectivity index (χ3n) is 6.95. The molecule has 0 saturated heterocycles. The van der Waals surface area contributed by atoms with Gasteiger partial charge in [-0.05, 0) is 35.9 Å². The molecule has 3 heterocycles. The van der Waals surface area contributed by atoms with Gasteiger partial charge in [-0.25, -0.2) is 0 Å². The van der Waals surface area contributed by atoms with Gasteiger partial charge in [-0.1, -0.05) is 48.5 Å². The molecule has 0 saturated carbocycles. The number of anilines is 1. The fourth-order valence-corrected chi connectivity index (χ4v) is 5.38. The molecule has 1 atom stereocenters. The lowest BCUT2D eigenvalue weighted by molar-refractivity contribution is -0.126. The van der Waals surface area contributed by atoms with Crippen molar-refractivity contribution in [2.24, 2.45) is 0 Å². The van der Waals surface area contributed by atoms with Crippen molar-refractivity contribution in [2.75, 3.05) is 18.6 Å². The topological polar surface area (TPSA) is 80.1 Å². The summed E-state index contributed by atoms with van der Waals surface area (Å²) < 4.78 is 11.3. The largest absolute Gasteiger partial charge is 0.497 e. The number of methoxy groups -OCH3 is 1. The molecule has 0 unspecified atom stereocenters. The van der Waals surface area contributed by atoms with Crippen LogP contribution in [0.2, 0.25) is 0 Å². The summed E-state index contributed by atoms with van der Waals surface area (Å²) in [6.45, 7) is 4.12. The number of carbonyl (C=O) groups excluding carboxylic acids is 2. The Hall–Kier alpha value is -4.65. The highest BCUT2D eigenvalue weighted by Gasteiger charge is 2.64. The van der Waals surface area contributed by atoms with Crippen LogP contribution in [-0.4, -0.2) is 30.4 Å². The van der Waals surface area contributed by atoms with Crippen molar-refractivity contribution < 1.29 is 18.7 Å². The average Bonchev–Trinajstić information content (AvgIpc) is 3.30. The molecule has 36 heavy (non-hydrogen) atoms. The number of hydrogen-bond acceptors (Lipinski definition) is 5. The van der Waals surface area contributed by atoms with Gasteiger partial charge in [-0.3, -0.25) is 14.4 Å². The second-order valence-electron chi connectivity index (χ2n) is 8.80. The van der Waals surface area contributed by atoms with E-state index < -0.39 is 11.4 Å². The van der Waals surface area contributed by atoms with Gasteiger partial charge in [0.15, 0.2) is 11.0 Å². The van der Waals surface area contributed by atoms with E-state index in [2.05, 4.69) is 6.58 Å². The predicted octanol–water partition coefficient (Wildman–Crippen LogP) is 4.23. The summed E-state index contributed by atoms with van der Waals surface area (Å²) in [6.07, 6.45) is 1.63. The van der Waals surface area contributed by atoms with Crippen LogP contribution in [0.5, 0.6) is 5.75 Å². The molecule has 7 nitrogen and oxygen atoms in total. The number of ether oxygens (including phenoxy) is 1. The number of benzene rings is 3. The molecule has 3 aromatic carbocycles. The van der Waals surface area contributed by atoms with Gasteiger partial charge in [-0.15, -0.1) is 6.58 Å². The Kier molecular flexibility index (Phi) is 4.83. The van der Waals surface area contributed by atoms with Crippen LogP contribution in [0.3, 0.4) is 0 Å². The third kappa shape index (κ3) is 2.77. The minimum Gasteiger partial charge on any atom is -0.497 e. The first-order chi connectivity index (χ1) is 17.5. The van der Waals surface area contributed by atoms with E-state index in [9.17, 15) is 14.4 Å². The first-order valence-corrected chi connectivity index (χ1v) is 11.6. The summed E-state index contributed by atoms with van der Waals surface area (Å²) >= 11 is 0. The number of carbonyl (C=O) groups is 2. The molecular formula is C29H22N2O5. The Bertz CT molecular complexity index is 1620. The van der Waals surface area contributed by atoms with E-state index in [-0.39, 0.29) is 35.7 Å². The van der Waals surface area contributed by atoms with E-state index in [1.807, 2.05) is 30.3 Å². The molecule has 0 radical (unpaired) electrons. The number of amides is 2. The average molecular weight is 479 g/mol. The Morgan fingerprint density at radius 3 is 2.44 bits per heavy atom. The molecule has 2 aliphatic heterocycles. The quantitative estimate of drug-likeness (QED) is 0.401. The van der Waals surface area contributed by atoms with Crippen molar-refractivity contribution in [3.05, 3.63) is 118 Å². The second-order valence-corrected chi connectivity index (χ2v) is 8.80. The molecule has 1 spiro atoms. The lowest BCUT2D eigenvalue weighted by Crippen LogP contribution is -2.53. The predicted molar refractivity (Wildman–Crippen MR) is 135 cm³/mol. The summed E-state index contributed by atoms with van der Waals surface area (Å²) in [7, 11) is 1.58. The summed E-state index contributed by atoms with van der Waals surface area (Å²) in [5.74, 6) is -0.318. The molecule has 6 rings (SSSR count). The van der Waals surface area contributed by atoms with Crippen molar-refractivity contribution in [1.82, 2.24) is 4.90 Å². The van der Waals surface area contributed by atoms with Crippen molar-refractivity contribution in [3.8, 4) is 5.75 Å². The number of para-hydroxylation sites is 2. The van der Waals surface area contributed by atoms with E-state index in [4.69, 9.17) is 9.15 Å². The summed E-state index contributed by atoms with van der Waals surface area (Å²) in [5.41, 5.74) is 0.301. The van der Waals surface area contributed by atoms with Crippen molar-refractivity contribution in [3.63, 3.8) is 0 Å². The van der Waals surface area contributed by atoms with Crippen LogP contribution in [0.4, 0.5) is 5.69 Å². The van der Waals surface area contributed by atoms with E-state index in [0.29, 0.717) is 28.0 Å². The number of hydrogen-bond donors (Lipinski definition) is 0. The van der Waals surface area contributed by atoms with Gasteiger partial charge in [0.05, 0.1) is 23.7 Å². The summed E-state index contributed by atoms with van der Waals surface area (Å²) in [6, 6.07) is 21.3. The molecule has 7 heteroatoms. The highest BCUT2D eigenvalue weighted by molar-refractivity contribution is 6.17. The molecule has 0 fully saturated rings. The van der Waals surface area contributed by atoms with Crippen molar-refractivity contribution >= 4 is 28.5 Å². The zero-order chi connectivity index (χ0) is 25.0. The fourth-order valence-electron chi connectivity index (χ4n) is 5.38. The van der Waals surface area contributed by atoms with Gasteiger partial charge >= 0.3 is 0 Å². The smallest absolute Gasteiger partial charge is 0.291 e. The zero-order valence-electron chi connectivity index (χ0n) is 19.6. The molecule has 178 valence electrons. The fraction of sp³-hybridized carbons (Fsp3) is 0.138. The van der Waals surface area contributed by atoms with E-state index in [1.54, 1.807) is 60.6 Å². The Morgan fingerprint density at radius 1 is 0.972 bits per heavy atom. The zero-order valence-corrected chi connectivity index (χ0v) is 19.6. The number of nitrogens with zero attached hydrogens (tertiary/aromatic N) is 2. The Labute approximate surface area is 206 Å². The molecular weight excluding hydrogens is 456 g/mol. The van der Waals surface area contributed by atoms with Crippen LogP contribution in [-0.2, 0) is 16.9 Å². The molecule has 1 aromatic heterocycles. The van der Waals surface area contributed by atoms with Crippen LogP contribution in [0.1, 0.15) is 27.2 Å². The van der Waals surface area contributed by atoms with E-state index in [0.717, 1.165) is 5.56 Å². The first-order valence-electron chi connectivity index (χ1n) is 11.6. The SMILES string of the molecule is C=CCN1C(=O)[C@]2(c3ccccc31)c1c(oc3ccccc3c1=O)C(=O)N2Cc1ccc(OC)cc1. The lowest BCUT2D eigenvalue weighted by Gasteiger charge is -2.34. The Morgan fingerprint density at radius 2 is 1.69 bits per heavy atom. The van der Waals surface area contributed by atoms with E-state index in [1.165, 1.54) is 4.90 Å². The molecule has 2 amide bonds. The summed E-state index contributed by atoms with van der Waals surface area (Å²) in [5, 5.41) is 0.321. The number of rotatable bonds is 5. The lowest BCUT2D eigenvalue weighted by atomic mass is 9.83. The molecule has 4 aromatic rings. The van der Waals surface area contributed by atoms with Crippen molar-refractivity contribution in [1.29, 1.82) is 0 Å². The minimum absolute atomic E-state index is 0.0590. The standard InChI is InChI=1S/C29H22N2O5/c1-3-16-30-22-10-6-5-9-21(22)29(28(30)34)24-25(32)20-8-4-7-11-23(20)36-26(24)27(33)31(29)17-18-12-14-19(35-2)15-13-18/h3-15H,1,16-17H2,2H3/t29-/m0/s1. The van der Waals surface area contributed by atoms with Gasteiger partial charge in [0.2, 0.25) is 5.76 Å². The maximum absolute atomic E-state index is 14.4. The number of fused-ring (bicyclic) bond motifs is 5. The summed E-state index contributed by atoms with van der Waals surface area (Å²) in [4.78, 5) is 45.4. The van der Waals surface area contributed by atoms with Crippen LogP contribution in [0, 0.1) is 0 Å². The van der Waals surface area contributed by atoms with Crippen molar-refractivity contribution in [2.45, 2.75) is 12.1 Å². The Balaban J connectivity index is 1.66. The van der Waals surface area contributed by atoms with Crippen LogP contribution in [0.15, 0.2) is 94.7 Å². The molecule has 0 aliphatic carbocycles. The maximum Gasteiger partial charge on any atom is 0.291 e. The molecule has 0 N–H and O–H groups in total. The van der Waals surface area contributed by atoms with Gasteiger partial charge in [0.25, 0.3) is 11.8 Å². The molecule has 0 bridgehead atoms. The highest BCUT2D eigenvalue weighted by atomic mass is 16.5. The maximum atomic E-state index is 14.4. The molecule has 2 aliphatic rings. The van der Waals surface area contributed by atoms with Crippen LogP contribution < -0.4 is 15.1 Å². The first kappa shape index (κ1) is 21.9. The van der Waals surface area contributed by atoms with Gasteiger partial charge < -0.3 is 19.0 Å². The van der Waals surface area contributed by atoms with Gasteiger partial charge in [0, 0.05) is 18.7 Å². The monoisotopic (exact) mass is 478 g/mol. The van der Waals surface area contributed by atoms with Gasteiger partial charge in [-0.2, -0.15) is 0 Å². The van der Waals surface area contributed by atoms with Crippen LogP contribution >= 0.6 is 0 Å². The third-order valence-corrected chi connectivity index (χ3v) is 6.95. The second kappa shape index (κ2) is 7.95. The van der Waals surface area contributed by atoms with E-state index >= 15 is 0 Å².